The topological polar surface area (TPSA) is 126 Å². The summed E-state index contributed by atoms with van der Waals surface area (Å²) in [5.41, 5.74) is 2.27. The number of hydrogen-bond acceptors (Lipinski definition) is 6. The number of carboxylic acids is 1. The Morgan fingerprint density at radius 1 is 1.06 bits per heavy atom. The maximum absolute atomic E-state index is 12.9. The number of aromatic carboxylic acids is 1. The van der Waals surface area contributed by atoms with Gasteiger partial charge in [-0.05, 0) is 49.2 Å². The number of carbonyl (C=O) groups is 3. The minimum Gasteiger partial charge on any atom is -0.478 e. The molecule has 2 amide bonds. The zero-order valence-corrected chi connectivity index (χ0v) is 21.2. The fraction of sp³-hybridized carbons (Fsp3) is 0.269. The molecule has 0 aliphatic heterocycles. The van der Waals surface area contributed by atoms with Crippen molar-refractivity contribution in [2.45, 2.75) is 38.5 Å². The molecule has 0 aliphatic carbocycles. The Bertz CT molecular complexity index is 1240. The first-order chi connectivity index (χ1) is 17.2. The van der Waals surface area contributed by atoms with Crippen molar-refractivity contribution < 1.29 is 19.5 Å². The SMILES string of the molecule is C=CCn1c(SCC(=O)Nc2ccc(C(=O)O)cc2)nnc1[C@@H](NC(=O)c1ccc(C)cc1)C(C)C. The summed E-state index contributed by atoms with van der Waals surface area (Å²) in [5.74, 6) is -0.830. The van der Waals surface area contributed by atoms with Crippen LogP contribution in [0.3, 0.4) is 0 Å². The van der Waals surface area contributed by atoms with E-state index in [9.17, 15) is 14.4 Å². The van der Waals surface area contributed by atoms with E-state index in [1.54, 1.807) is 18.2 Å². The number of aromatic nitrogens is 3. The van der Waals surface area contributed by atoms with Gasteiger partial charge in [-0.1, -0.05) is 49.4 Å². The van der Waals surface area contributed by atoms with Gasteiger partial charge in [-0.25, -0.2) is 4.79 Å². The molecule has 0 spiro atoms. The molecule has 1 heterocycles. The summed E-state index contributed by atoms with van der Waals surface area (Å²) in [7, 11) is 0. The van der Waals surface area contributed by atoms with Crippen molar-refractivity contribution in [2.75, 3.05) is 11.1 Å². The molecule has 2 aromatic carbocycles. The molecule has 36 heavy (non-hydrogen) atoms. The molecular formula is C26H29N5O4S. The highest BCUT2D eigenvalue weighted by atomic mass is 32.2. The molecular weight excluding hydrogens is 478 g/mol. The molecule has 188 valence electrons. The Balaban J connectivity index is 1.72. The van der Waals surface area contributed by atoms with E-state index in [0.29, 0.717) is 28.8 Å². The van der Waals surface area contributed by atoms with E-state index in [1.165, 1.54) is 36.0 Å². The average molecular weight is 508 g/mol. The lowest BCUT2D eigenvalue weighted by Gasteiger charge is -2.22. The van der Waals surface area contributed by atoms with Gasteiger partial charge in [0.05, 0.1) is 17.4 Å². The lowest BCUT2D eigenvalue weighted by molar-refractivity contribution is -0.113. The fourth-order valence-corrected chi connectivity index (χ4v) is 4.17. The number of nitrogens with one attached hydrogen (secondary N) is 2. The molecule has 0 saturated heterocycles. The molecule has 0 bridgehead atoms. The van der Waals surface area contributed by atoms with Gasteiger partial charge in [-0.3, -0.25) is 9.59 Å². The third kappa shape index (κ3) is 6.82. The van der Waals surface area contributed by atoms with Gasteiger partial charge >= 0.3 is 5.97 Å². The van der Waals surface area contributed by atoms with Crippen LogP contribution in [0.2, 0.25) is 0 Å². The number of anilines is 1. The number of benzene rings is 2. The molecule has 0 fully saturated rings. The lowest BCUT2D eigenvalue weighted by Crippen LogP contribution is -2.33. The van der Waals surface area contributed by atoms with Gasteiger partial charge in [0.1, 0.15) is 0 Å². The number of hydrogen-bond donors (Lipinski definition) is 3. The lowest BCUT2D eigenvalue weighted by atomic mass is 10.0. The second-order valence-corrected chi connectivity index (χ2v) is 9.46. The number of nitrogens with zero attached hydrogens (tertiary/aromatic N) is 3. The monoisotopic (exact) mass is 507 g/mol. The molecule has 0 aliphatic rings. The van der Waals surface area contributed by atoms with Crippen LogP contribution in [0.25, 0.3) is 0 Å². The first kappa shape index (κ1) is 26.7. The van der Waals surface area contributed by atoms with Gasteiger partial charge in [0, 0.05) is 17.8 Å². The predicted molar refractivity (Wildman–Crippen MR) is 139 cm³/mol. The van der Waals surface area contributed by atoms with Crippen LogP contribution in [-0.4, -0.2) is 43.4 Å². The highest BCUT2D eigenvalue weighted by Crippen LogP contribution is 2.26. The van der Waals surface area contributed by atoms with Crippen LogP contribution in [-0.2, 0) is 11.3 Å². The molecule has 9 nitrogen and oxygen atoms in total. The minimum atomic E-state index is -1.03. The summed E-state index contributed by atoms with van der Waals surface area (Å²) in [6.45, 7) is 10.2. The normalized spacial score (nSPS) is 11.7. The van der Waals surface area contributed by atoms with Crippen LogP contribution in [0.5, 0.6) is 0 Å². The average Bonchev–Trinajstić information content (AvgIpc) is 3.24. The Hall–Kier alpha value is -3.92. The molecule has 3 N–H and O–H groups in total. The van der Waals surface area contributed by atoms with E-state index in [0.717, 1.165) is 5.56 Å². The predicted octanol–water partition coefficient (Wildman–Crippen LogP) is 4.33. The van der Waals surface area contributed by atoms with Gasteiger partial charge in [0.25, 0.3) is 5.91 Å². The van der Waals surface area contributed by atoms with Crippen LogP contribution in [0.15, 0.2) is 66.3 Å². The first-order valence-corrected chi connectivity index (χ1v) is 12.4. The van der Waals surface area contributed by atoms with Crippen LogP contribution in [0, 0.1) is 12.8 Å². The number of thioether (sulfide) groups is 1. The van der Waals surface area contributed by atoms with Crippen LogP contribution >= 0.6 is 11.8 Å². The molecule has 0 saturated carbocycles. The smallest absolute Gasteiger partial charge is 0.335 e. The van der Waals surface area contributed by atoms with Gasteiger partial charge in [-0.2, -0.15) is 0 Å². The van der Waals surface area contributed by atoms with Crippen molar-refractivity contribution in [2.24, 2.45) is 5.92 Å². The number of aryl methyl sites for hydroxylation is 1. The zero-order chi connectivity index (χ0) is 26.2. The van der Waals surface area contributed by atoms with E-state index >= 15 is 0 Å². The Morgan fingerprint density at radius 2 is 1.69 bits per heavy atom. The third-order valence-electron chi connectivity index (χ3n) is 5.35. The summed E-state index contributed by atoms with van der Waals surface area (Å²) in [6.07, 6.45) is 1.71. The molecule has 3 aromatic rings. The van der Waals surface area contributed by atoms with Gasteiger partial charge in [0.2, 0.25) is 5.91 Å². The number of rotatable bonds is 11. The van der Waals surface area contributed by atoms with Crippen molar-refractivity contribution in [3.8, 4) is 0 Å². The fourth-order valence-electron chi connectivity index (χ4n) is 3.42. The number of allylic oxidation sites excluding steroid dienone is 1. The third-order valence-corrected chi connectivity index (χ3v) is 6.32. The van der Waals surface area contributed by atoms with E-state index in [1.807, 2.05) is 37.5 Å². The molecule has 10 heteroatoms. The second-order valence-electron chi connectivity index (χ2n) is 8.52. The maximum atomic E-state index is 12.9. The van der Waals surface area contributed by atoms with Crippen molar-refractivity contribution in [1.29, 1.82) is 0 Å². The van der Waals surface area contributed by atoms with Crippen molar-refractivity contribution >= 4 is 35.2 Å². The van der Waals surface area contributed by atoms with Crippen molar-refractivity contribution in [3.05, 3.63) is 83.7 Å². The second kappa shape index (κ2) is 12.2. The standard InChI is InChI=1S/C26H29N5O4S/c1-5-14-31-23(22(16(2)3)28-24(33)18-8-6-17(4)7-9-18)29-30-26(31)36-15-21(32)27-20-12-10-19(11-13-20)25(34)35/h5-13,16,22H,1,14-15H2,2-4H3,(H,27,32)(H,28,33)(H,34,35)/t22-/m0/s1. The van der Waals surface area contributed by atoms with E-state index in [-0.39, 0.29) is 29.0 Å². The molecule has 0 unspecified atom stereocenters. The quantitative estimate of drug-likeness (QED) is 0.260. The Kier molecular flexibility index (Phi) is 9.02. The highest BCUT2D eigenvalue weighted by molar-refractivity contribution is 7.99. The van der Waals surface area contributed by atoms with E-state index in [2.05, 4.69) is 27.4 Å². The highest BCUT2D eigenvalue weighted by Gasteiger charge is 2.26. The zero-order valence-electron chi connectivity index (χ0n) is 20.4. The van der Waals surface area contributed by atoms with Crippen LogP contribution in [0.4, 0.5) is 5.69 Å². The summed E-state index contributed by atoms with van der Waals surface area (Å²) >= 11 is 1.21. The summed E-state index contributed by atoms with van der Waals surface area (Å²) in [6, 6.07) is 12.9. The summed E-state index contributed by atoms with van der Waals surface area (Å²) in [5, 5.41) is 23.9. The number of carboxylic acid groups (broad SMARTS) is 1. The molecule has 3 rings (SSSR count). The number of carbonyl (C=O) groups excluding carboxylic acids is 2. The minimum absolute atomic E-state index is 0.0297. The van der Waals surface area contributed by atoms with Crippen molar-refractivity contribution in [3.63, 3.8) is 0 Å². The molecule has 1 atom stereocenters. The van der Waals surface area contributed by atoms with E-state index in [4.69, 9.17) is 5.11 Å². The number of amides is 2. The maximum Gasteiger partial charge on any atom is 0.335 e. The van der Waals surface area contributed by atoms with Gasteiger partial charge in [0.15, 0.2) is 11.0 Å². The Morgan fingerprint density at radius 3 is 2.28 bits per heavy atom. The summed E-state index contributed by atoms with van der Waals surface area (Å²) in [4.78, 5) is 36.3. The van der Waals surface area contributed by atoms with Gasteiger partial charge in [-0.15, -0.1) is 16.8 Å². The van der Waals surface area contributed by atoms with E-state index < -0.39 is 12.0 Å². The van der Waals surface area contributed by atoms with Crippen LogP contribution < -0.4 is 10.6 Å². The first-order valence-electron chi connectivity index (χ1n) is 11.4. The van der Waals surface area contributed by atoms with Gasteiger partial charge < -0.3 is 20.3 Å². The van der Waals surface area contributed by atoms with Crippen molar-refractivity contribution in [1.82, 2.24) is 20.1 Å². The molecule has 1 aromatic heterocycles. The largest absolute Gasteiger partial charge is 0.478 e. The Labute approximate surface area is 214 Å². The summed E-state index contributed by atoms with van der Waals surface area (Å²) < 4.78 is 1.84. The van der Waals surface area contributed by atoms with Crippen LogP contribution in [0.1, 0.15) is 52.0 Å². The molecule has 0 radical (unpaired) electrons.